The first kappa shape index (κ1) is 17.9. The molecular formula is C17H29N3O3. The second-order valence-electron chi connectivity index (χ2n) is 6.76. The number of aliphatic hydroxyl groups excluding tert-OH is 1. The van der Waals surface area contributed by atoms with Crippen molar-refractivity contribution >= 4 is 5.97 Å². The van der Waals surface area contributed by atoms with E-state index in [0.717, 1.165) is 12.8 Å². The van der Waals surface area contributed by atoms with Gasteiger partial charge in [-0.15, -0.1) is 0 Å². The van der Waals surface area contributed by atoms with E-state index in [1.807, 2.05) is 6.92 Å². The van der Waals surface area contributed by atoms with Gasteiger partial charge in [0, 0.05) is 0 Å². The molecule has 3 atom stereocenters. The van der Waals surface area contributed by atoms with Gasteiger partial charge in [0.25, 0.3) is 0 Å². The number of hydrogen-bond acceptors (Lipinski definition) is 5. The lowest BCUT2D eigenvalue weighted by Gasteiger charge is -2.35. The average Bonchev–Trinajstić information content (AvgIpc) is 2.96. The Morgan fingerprint density at radius 2 is 1.96 bits per heavy atom. The number of hydrogen-bond donors (Lipinski definition) is 1. The van der Waals surface area contributed by atoms with E-state index in [1.165, 1.54) is 25.7 Å². The lowest BCUT2D eigenvalue weighted by molar-refractivity contribution is -0.165. The number of carbonyl (C=O) groups excluding carboxylic acids is 1. The van der Waals surface area contributed by atoms with Crippen molar-refractivity contribution in [3.63, 3.8) is 0 Å². The molecule has 6 heteroatoms. The molecule has 1 aromatic rings. The van der Waals surface area contributed by atoms with Crippen molar-refractivity contribution in [1.29, 1.82) is 0 Å². The van der Waals surface area contributed by atoms with Gasteiger partial charge in [0.2, 0.25) is 0 Å². The molecule has 2 rings (SSSR count). The predicted molar refractivity (Wildman–Crippen MR) is 86.8 cm³/mol. The fourth-order valence-electron chi connectivity index (χ4n) is 3.03. The highest BCUT2D eigenvalue weighted by atomic mass is 16.5. The lowest BCUT2D eigenvalue weighted by atomic mass is 9.92. The average molecular weight is 323 g/mol. The number of esters is 1. The van der Waals surface area contributed by atoms with Gasteiger partial charge in [0.15, 0.2) is 23.3 Å². The topological polar surface area (TPSA) is 77.2 Å². The van der Waals surface area contributed by atoms with Crippen LogP contribution in [0.15, 0.2) is 0 Å². The smallest absolute Gasteiger partial charge is 0.334 e. The molecule has 1 N–H and O–H groups in total. The van der Waals surface area contributed by atoms with Crippen LogP contribution in [0.4, 0.5) is 0 Å². The number of fused-ring (bicyclic) bond motifs is 1. The molecule has 1 aromatic heterocycles. The highest BCUT2D eigenvalue weighted by Gasteiger charge is 2.45. The number of nitrogens with zero attached hydrogens (tertiary/aromatic N) is 3. The molecule has 0 fully saturated rings. The summed E-state index contributed by atoms with van der Waals surface area (Å²) in [6.45, 7) is 7.47. The Morgan fingerprint density at radius 3 is 2.61 bits per heavy atom. The van der Waals surface area contributed by atoms with E-state index in [4.69, 9.17) is 4.74 Å². The van der Waals surface area contributed by atoms with Crippen molar-refractivity contribution in [2.75, 3.05) is 0 Å². The van der Waals surface area contributed by atoms with Crippen LogP contribution in [0.25, 0.3) is 0 Å². The Balaban J connectivity index is 2.10. The van der Waals surface area contributed by atoms with Gasteiger partial charge in [-0.2, -0.15) is 5.10 Å². The zero-order valence-electron chi connectivity index (χ0n) is 14.7. The number of aliphatic hydroxyl groups is 1. The summed E-state index contributed by atoms with van der Waals surface area (Å²) < 4.78 is 7.15. The third-order valence-electron chi connectivity index (χ3n) is 4.59. The van der Waals surface area contributed by atoms with Gasteiger partial charge in [-0.1, -0.05) is 45.4 Å². The van der Waals surface area contributed by atoms with Gasteiger partial charge in [-0.3, -0.25) is 0 Å². The molecule has 0 spiro atoms. The monoisotopic (exact) mass is 323 g/mol. The summed E-state index contributed by atoms with van der Waals surface area (Å²) in [5.74, 6) is 0.710. The third-order valence-corrected chi connectivity index (χ3v) is 4.59. The van der Waals surface area contributed by atoms with E-state index in [9.17, 15) is 9.90 Å². The van der Waals surface area contributed by atoms with E-state index in [1.54, 1.807) is 18.5 Å². The van der Waals surface area contributed by atoms with Crippen LogP contribution in [0, 0.1) is 0 Å². The van der Waals surface area contributed by atoms with Crippen molar-refractivity contribution in [2.45, 2.75) is 90.4 Å². The minimum atomic E-state index is -0.827. The molecule has 0 aliphatic carbocycles. The zero-order valence-corrected chi connectivity index (χ0v) is 14.7. The number of unbranched alkanes of at least 4 members (excludes halogenated alkanes) is 5. The quantitative estimate of drug-likeness (QED) is 0.586. The minimum absolute atomic E-state index is 0.256. The largest absolute Gasteiger partial charge is 0.453 e. The molecule has 0 bridgehead atoms. The first-order valence-electron chi connectivity index (χ1n) is 8.76. The van der Waals surface area contributed by atoms with Crippen molar-refractivity contribution < 1.29 is 14.6 Å². The van der Waals surface area contributed by atoms with Crippen LogP contribution in [0.1, 0.15) is 96.5 Å². The maximum atomic E-state index is 12.5. The van der Waals surface area contributed by atoms with Crippen LogP contribution in [-0.2, 0) is 15.1 Å². The van der Waals surface area contributed by atoms with Crippen LogP contribution in [0.2, 0.25) is 0 Å². The molecule has 1 aliphatic rings. The summed E-state index contributed by atoms with van der Waals surface area (Å²) in [4.78, 5) is 16.8. The molecule has 0 saturated carbocycles. The van der Waals surface area contributed by atoms with Gasteiger partial charge in [0.1, 0.15) is 6.10 Å². The van der Waals surface area contributed by atoms with Crippen LogP contribution < -0.4 is 0 Å². The van der Waals surface area contributed by atoms with Crippen LogP contribution in [0.3, 0.4) is 0 Å². The Morgan fingerprint density at radius 1 is 1.30 bits per heavy atom. The Bertz CT molecular complexity index is 541. The first-order chi connectivity index (χ1) is 10.9. The number of carbonyl (C=O) groups is 1. The predicted octanol–water partition coefficient (Wildman–Crippen LogP) is 3.42. The maximum Gasteiger partial charge on any atom is 0.334 e. The minimum Gasteiger partial charge on any atom is -0.453 e. The van der Waals surface area contributed by atoms with Gasteiger partial charge in [-0.05, 0) is 27.2 Å². The van der Waals surface area contributed by atoms with E-state index in [0.29, 0.717) is 18.1 Å². The fourth-order valence-corrected chi connectivity index (χ4v) is 3.03. The number of cyclic esters (lactones) is 1. The molecule has 0 radical (unpaired) electrons. The normalized spacial score (nSPS) is 25.1. The molecular weight excluding hydrogens is 294 g/mol. The second kappa shape index (κ2) is 7.43. The highest BCUT2D eigenvalue weighted by molar-refractivity contribution is 5.79. The summed E-state index contributed by atoms with van der Waals surface area (Å²) in [7, 11) is 0. The number of rotatable bonds is 8. The molecule has 1 aliphatic heterocycles. The summed E-state index contributed by atoms with van der Waals surface area (Å²) in [5.41, 5.74) is -0.827. The number of aromatic nitrogens is 3. The van der Waals surface area contributed by atoms with E-state index < -0.39 is 17.7 Å². The van der Waals surface area contributed by atoms with E-state index in [2.05, 4.69) is 17.0 Å². The SMILES string of the molecule is CCCCCCCC[C@]1(C)C(=O)O[C@@H](C)c2nc(C(C)O)nn21. The highest BCUT2D eigenvalue weighted by Crippen LogP contribution is 2.35. The van der Waals surface area contributed by atoms with Crippen molar-refractivity contribution in [3.8, 4) is 0 Å². The molecule has 2 heterocycles. The molecule has 0 aromatic carbocycles. The lowest BCUT2D eigenvalue weighted by Crippen LogP contribution is -2.46. The third kappa shape index (κ3) is 3.74. The van der Waals surface area contributed by atoms with Gasteiger partial charge < -0.3 is 9.84 Å². The number of ether oxygens (including phenoxy) is 1. The Labute approximate surface area is 138 Å². The molecule has 1 unspecified atom stereocenters. The summed E-state index contributed by atoms with van der Waals surface area (Å²) in [6, 6.07) is 0. The van der Waals surface area contributed by atoms with Crippen molar-refractivity contribution in [1.82, 2.24) is 14.8 Å². The summed E-state index contributed by atoms with van der Waals surface area (Å²) >= 11 is 0. The van der Waals surface area contributed by atoms with E-state index >= 15 is 0 Å². The van der Waals surface area contributed by atoms with Crippen LogP contribution in [-0.4, -0.2) is 25.8 Å². The molecule has 0 amide bonds. The summed E-state index contributed by atoms with van der Waals surface area (Å²) in [6.07, 6.45) is 6.48. The first-order valence-corrected chi connectivity index (χ1v) is 8.76. The Hall–Kier alpha value is -1.43. The van der Waals surface area contributed by atoms with Gasteiger partial charge >= 0.3 is 5.97 Å². The van der Waals surface area contributed by atoms with Crippen molar-refractivity contribution in [3.05, 3.63) is 11.6 Å². The summed E-state index contributed by atoms with van der Waals surface area (Å²) in [5, 5.41) is 14.1. The molecule has 6 nitrogen and oxygen atoms in total. The second-order valence-corrected chi connectivity index (χ2v) is 6.76. The zero-order chi connectivity index (χ0) is 17.0. The maximum absolute atomic E-state index is 12.5. The van der Waals surface area contributed by atoms with Gasteiger partial charge in [0.05, 0.1) is 0 Å². The van der Waals surface area contributed by atoms with E-state index in [-0.39, 0.29) is 5.97 Å². The molecule has 130 valence electrons. The van der Waals surface area contributed by atoms with Crippen LogP contribution >= 0.6 is 0 Å². The standard InChI is InChI=1S/C17H29N3O3/c1-5-6-7-8-9-10-11-17(4)16(22)23-13(3)15-18-14(12(2)21)19-20(15)17/h12-13,21H,5-11H2,1-4H3/t12?,13-,17+/m0/s1. The van der Waals surface area contributed by atoms with Crippen LogP contribution in [0.5, 0.6) is 0 Å². The molecule has 0 saturated heterocycles. The fraction of sp³-hybridized carbons (Fsp3) is 0.824. The van der Waals surface area contributed by atoms with Gasteiger partial charge in [-0.25, -0.2) is 14.5 Å². The molecule has 23 heavy (non-hydrogen) atoms. The Kier molecular flexibility index (Phi) is 5.79. The van der Waals surface area contributed by atoms with Crippen molar-refractivity contribution in [2.24, 2.45) is 0 Å².